The summed E-state index contributed by atoms with van der Waals surface area (Å²) >= 11 is 3.50. The van der Waals surface area contributed by atoms with Gasteiger partial charge in [0.1, 0.15) is 0 Å². The van der Waals surface area contributed by atoms with Gasteiger partial charge in [-0.25, -0.2) is 0 Å². The number of amides is 1. The van der Waals surface area contributed by atoms with E-state index >= 15 is 0 Å². The Balaban J connectivity index is 1.78. The molecular weight excluding hydrogens is 338 g/mol. The van der Waals surface area contributed by atoms with Crippen LogP contribution in [-0.4, -0.2) is 5.91 Å². The summed E-state index contributed by atoms with van der Waals surface area (Å²) in [5.74, 6) is 0.309. The Bertz CT molecular complexity index is 689. The number of hydrogen-bond donors (Lipinski definition) is 0. The molecule has 1 saturated carbocycles. The van der Waals surface area contributed by atoms with Crippen molar-refractivity contribution in [2.45, 2.75) is 31.7 Å². The lowest BCUT2D eigenvalue weighted by Crippen LogP contribution is -2.62. The maximum atomic E-state index is 13.0. The minimum absolute atomic E-state index is 0.163. The fourth-order valence-corrected chi connectivity index (χ4v) is 4.38. The van der Waals surface area contributed by atoms with Crippen LogP contribution in [0.4, 0.5) is 5.69 Å². The molecular formula is C19H18BrNO. The molecule has 1 spiro atoms. The van der Waals surface area contributed by atoms with Gasteiger partial charge in [0.25, 0.3) is 0 Å². The fraction of sp³-hybridized carbons (Fsp3) is 0.316. The zero-order chi connectivity index (χ0) is 15.2. The van der Waals surface area contributed by atoms with Gasteiger partial charge in [0, 0.05) is 10.2 Å². The highest BCUT2D eigenvalue weighted by molar-refractivity contribution is 9.10. The van der Waals surface area contributed by atoms with E-state index in [2.05, 4.69) is 40.2 Å². The Labute approximate surface area is 139 Å². The quantitative estimate of drug-likeness (QED) is 0.686. The Morgan fingerprint density at radius 3 is 2.23 bits per heavy atom. The van der Waals surface area contributed by atoms with Crippen molar-refractivity contribution in [3.63, 3.8) is 0 Å². The summed E-state index contributed by atoms with van der Waals surface area (Å²) in [6.07, 6.45) is 4.38. The lowest BCUT2D eigenvalue weighted by Gasteiger charge is -2.55. The van der Waals surface area contributed by atoms with Crippen LogP contribution in [0.15, 0.2) is 59.1 Å². The van der Waals surface area contributed by atoms with Gasteiger partial charge in [-0.3, -0.25) is 4.79 Å². The van der Waals surface area contributed by atoms with Crippen LogP contribution in [0.5, 0.6) is 0 Å². The molecule has 0 N–H and O–H groups in total. The molecule has 3 heteroatoms. The summed E-state index contributed by atoms with van der Waals surface area (Å²) in [5.41, 5.74) is 2.09. The van der Waals surface area contributed by atoms with Gasteiger partial charge < -0.3 is 4.90 Å². The molecule has 1 amide bonds. The third-order valence-electron chi connectivity index (χ3n) is 5.14. The molecule has 0 bridgehead atoms. The van der Waals surface area contributed by atoms with Crippen molar-refractivity contribution in [3.8, 4) is 0 Å². The van der Waals surface area contributed by atoms with Crippen molar-refractivity contribution in [2.24, 2.45) is 5.41 Å². The summed E-state index contributed by atoms with van der Waals surface area (Å²) in [6.45, 7) is 0. The number of carbonyl (C=O) groups is 1. The first-order chi connectivity index (χ1) is 10.7. The van der Waals surface area contributed by atoms with Gasteiger partial charge in [-0.1, -0.05) is 59.1 Å². The molecule has 1 unspecified atom stereocenters. The van der Waals surface area contributed by atoms with Crippen LogP contribution in [0.1, 0.15) is 37.3 Å². The van der Waals surface area contributed by atoms with Gasteiger partial charge in [-0.05, 0) is 42.7 Å². The van der Waals surface area contributed by atoms with Gasteiger partial charge in [0.05, 0.1) is 11.5 Å². The predicted molar refractivity (Wildman–Crippen MR) is 91.7 cm³/mol. The highest BCUT2D eigenvalue weighted by Gasteiger charge is 2.61. The van der Waals surface area contributed by atoms with Crippen LogP contribution in [-0.2, 0) is 4.79 Å². The minimum Gasteiger partial charge on any atom is -0.303 e. The second kappa shape index (κ2) is 5.24. The van der Waals surface area contributed by atoms with E-state index in [-0.39, 0.29) is 11.5 Å². The van der Waals surface area contributed by atoms with E-state index in [9.17, 15) is 4.79 Å². The molecule has 0 aromatic heterocycles. The van der Waals surface area contributed by atoms with E-state index in [0.717, 1.165) is 23.0 Å². The minimum atomic E-state index is -0.163. The second-order valence-corrected chi connectivity index (χ2v) is 7.24. The first-order valence-corrected chi connectivity index (χ1v) is 8.66. The molecule has 4 rings (SSSR count). The number of benzene rings is 2. The third kappa shape index (κ3) is 1.95. The predicted octanol–water partition coefficient (Wildman–Crippen LogP) is 5.10. The lowest BCUT2D eigenvalue weighted by atomic mass is 9.66. The molecule has 2 nitrogen and oxygen atoms in total. The van der Waals surface area contributed by atoms with Gasteiger partial charge >= 0.3 is 0 Å². The average Bonchev–Trinajstić information content (AvgIpc) is 3.06. The van der Waals surface area contributed by atoms with E-state index in [1.54, 1.807) is 0 Å². The normalized spacial score (nSPS) is 22.9. The number of halogens is 1. The first kappa shape index (κ1) is 14.0. The zero-order valence-corrected chi connectivity index (χ0v) is 13.9. The van der Waals surface area contributed by atoms with Crippen LogP contribution in [0.2, 0.25) is 0 Å². The number of nitrogens with zero attached hydrogens (tertiary/aromatic N) is 1. The Kier molecular flexibility index (Phi) is 3.33. The van der Waals surface area contributed by atoms with Crippen LogP contribution in [0.3, 0.4) is 0 Å². The SMILES string of the molecule is O=C1N(c2ccccc2)C(c2ccc(Br)cc2)C12CCCC2. The average molecular weight is 356 g/mol. The van der Waals surface area contributed by atoms with Gasteiger partial charge in [0.15, 0.2) is 0 Å². The topological polar surface area (TPSA) is 20.3 Å². The summed E-state index contributed by atoms with van der Waals surface area (Å²) in [7, 11) is 0. The van der Waals surface area contributed by atoms with Crippen molar-refractivity contribution in [3.05, 3.63) is 64.6 Å². The van der Waals surface area contributed by atoms with Gasteiger partial charge in [-0.15, -0.1) is 0 Å². The molecule has 2 aromatic rings. The van der Waals surface area contributed by atoms with Crippen LogP contribution in [0.25, 0.3) is 0 Å². The monoisotopic (exact) mass is 355 g/mol. The highest BCUT2D eigenvalue weighted by atomic mass is 79.9. The summed E-state index contributed by atoms with van der Waals surface area (Å²) < 4.78 is 1.08. The third-order valence-corrected chi connectivity index (χ3v) is 5.67. The van der Waals surface area contributed by atoms with Crippen molar-refractivity contribution in [2.75, 3.05) is 4.90 Å². The Hall–Kier alpha value is -1.61. The van der Waals surface area contributed by atoms with Gasteiger partial charge in [0.2, 0.25) is 5.91 Å². The molecule has 0 radical (unpaired) electrons. The standard InChI is InChI=1S/C19H18BrNO/c20-15-10-8-14(9-11-15)17-19(12-4-5-13-19)18(22)21(17)16-6-2-1-3-7-16/h1-3,6-11,17H,4-5,12-13H2. The van der Waals surface area contributed by atoms with E-state index in [1.165, 1.54) is 18.4 Å². The summed E-state index contributed by atoms with van der Waals surface area (Å²) in [6, 6.07) is 18.7. The molecule has 112 valence electrons. The second-order valence-electron chi connectivity index (χ2n) is 6.33. The molecule has 1 saturated heterocycles. The van der Waals surface area contributed by atoms with Crippen molar-refractivity contribution in [1.29, 1.82) is 0 Å². The largest absolute Gasteiger partial charge is 0.303 e. The van der Waals surface area contributed by atoms with Crippen LogP contribution >= 0.6 is 15.9 Å². The molecule has 2 fully saturated rings. The molecule has 1 atom stereocenters. The Morgan fingerprint density at radius 2 is 1.59 bits per heavy atom. The fourth-order valence-electron chi connectivity index (χ4n) is 4.12. The van der Waals surface area contributed by atoms with E-state index in [1.807, 2.05) is 35.2 Å². The number of β-lactam (4-membered cyclic amide) rings is 1. The maximum Gasteiger partial charge on any atom is 0.236 e. The number of carbonyl (C=O) groups excluding carboxylic acids is 1. The van der Waals surface area contributed by atoms with Crippen molar-refractivity contribution in [1.82, 2.24) is 0 Å². The number of rotatable bonds is 2. The molecule has 1 aliphatic carbocycles. The van der Waals surface area contributed by atoms with E-state index < -0.39 is 0 Å². The highest BCUT2D eigenvalue weighted by Crippen LogP contribution is 2.60. The molecule has 22 heavy (non-hydrogen) atoms. The molecule has 1 heterocycles. The van der Waals surface area contributed by atoms with E-state index in [0.29, 0.717) is 5.91 Å². The maximum absolute atomic E-state index is 13.0. The summed E-state index contributed by atoms with van der Waals surface area (Å²) in [4.78, 5) is 14.9. The number of anilines is 1. The van der Waals surface area contributed by atoms with E-state index in [4.69, 9.17) is 0 Å². The summed E-state index contributed by atoms with van der Waals surface area (Å²) in [5, 5.41) is 0. The first-order valence-electron chi connectivity index (χ1n) is 7.87. The lowest BCUT2D eigenvalue weighted by molar-refractivity contribution is -0.139. The van der Waals surface area contributed by atoms with Crippen molar-refractivity contribution < 1.29 is 4.79 Å². The molecule has 2 aliphatic rings. The number of hydrogen-bond acceptors (Lipinski definition) is 1. The molecule has 1 aliphatic heterocycles. The smallest absolute Gasteiger partial charge is 0.236 e. The van der Waals surface area contributed by atoms with Gasteiger partial charge in [-0.2, -0.15) is 0 Å². The van der Waals surface area contributed by atoms with Crippen molar-refractivity contribution >= 4 is 27.5 Å². The Morgan fingerprint density at radius 1 is 0.955 bits per heavy atom. The van der Waals surface area contributed by atoms with Crippen LogP contribution in [0, 0.1) is 5.41 Å². The zero-order valence-electron chi connectivity index (χ0n) is 12.3. The number of para-hydroxylation sites is 1. The molecule has 2 aromatic carbocycles. The van der Waals surface area contributed by atoms with Crippen LogP contribution < -0.4 is 4.90 Å².